The zero-order valence-corrected chi connectivity index (χ0v) is 17.5. The van der Waals surface area contributed by atoms with Gasteiger partial charge in [-0.3, -0.25) is 9.69 Å². The van der Waals surface area contributed by atoms with E-state index in [9.17, 15) is 22.4 Å². The summed E-state index contributed by atoms with van der Waals surface area (Å²) in [6, 6.07) is 5.94. The number of nitrogens with one attached hydrogen (secondary N) is 1. The van der Waals surface area contributed by atoms with Crippen molar-refractivity contribution in [2.75, 3.05) is 37.6 Å². The Kier molecular flexibility index (Phi) is 6.59. The Bertz CT molecular complexity index is 938. The van der Waals surface area contributed by atoms with Gasteiger partial charge in [-0.1, -0.05) is 12.8 Å². The van der Waals surface area contributed by atoms with Crippen LogP contribution < -0.4 is 10.2 Å². The summed E-state index contributed by atoms with van der Waals surface area (Å²) >= 11 is 0. The van der Waals surface area contributed by atoms with Crippen LogP contribution in [0.2, 0.25) is 0 Å². The quantitative estimate of drug-likeness (QED) is 0.654. The lowest BCUT2D eigenvalue weighted by Gasteiger charge is -2.35. The lowest BCUT2D eigenvalue weighted by atomic mass is 10.1. The highest BCUT2D eigenvalue weighted by atomic mass is 19.4. The number of amides is 1. The molecule has 0 bridgehead atoms. The van der Waals surface area contributed by atoms with E-state index in [0.29, 0.717) is 38.5 Å². The van der Waals surface area contributed by atoms with Crippen LogP contribution in [0.4, 0.5) is 23.4 Å². The van der Waals surface area contributed by atoms with Crippen molar-refractivity contribution in [1.29, 1.82) is 0 Å². The van der Waals surface area contributed by atoms with Crippen LogP contribution in [0.5, 0.6) is 0 Å². The summed E-state index contributed by atoms with van der Waals surface area (Å²) < 4.78 is 53.2. The zero-order chi connectivity index (χ0) is 22.7. The fraction of sp³-hybridized carbons (Fsp3) is 0.500. The maximum absolute atomic E-state index is 13.5. The van der Waals surface area contributed by atoms with Crippen molar-refractivity contribution in [1.82, 2.24) is 20.4 Å². The summed E-state index contributed by atoms with van der Waals surface area (Å²) in [5.41, 5.74) is -0.616. The number of benzene rings is 1. The van der Waals surface area contributed by atoms with Crippen LogP contribution in [0, 0.1) is 11.7 Å². The molecule has 0 atom stereocenters. The van der Waals surface area contributed by atoms with E-state index in [1.54, 1.807) is 12.1 Å². The molecule has 4 rings (SSSR count). The lowest BCUT2D eigenvalue weighted by molar-refractivity contribution is -0.138. The number of carbonyl (C=O) groups is 1. The Hall–Kier alpha value is -2.75. The molecule has 0 spiro atoms. The maximum Gasteiger partial charge on any atom is 0.416 e. The van der Waals surface area contributed by atoms with Crippen LogP contribution in [-0.4, -0.2) is 53.7 Å². The van der Waals surface area contributed by atoms with Crippen molar-refractivity contribution in [3.8, 4) is 0 Å². The number of aromatic nitrogens is 2. The van der Waals surface area contributed by atoms with Crippen molar-refractivity contribution in [3.63, 3.8) is 0 Å². The molecule has 32 heavy (non-hydrogen) atoms. The van der Waals surface area contributed by atoms with Gasteiger partial charge in [0.2, 0.25) is 0 Å². The molecule has 1 aliphatic heterocycles. The Labute approximate surface area is 183 Å². The highest BCUT2D eigenvalue weighted by Crippen LogP contribution is 2.33. The topological polar surface area (TPSA) is 61.4 Å². The summed E-state index contributed by atoms with van der Waals surface area (Å²) in [6.45, 7) is 2.73. The Morgan fingerprint density at radius 1 is 1.06 bits per heavy atom. The molecule has 1 amide bonds. The third-order valence-corrected chi connectivity index (χ3v) is 5.88. The highest BCUT2D eigenvalue weighted by molar-refractivity contribution is 5.92. The van der Waals surface area contributed by atoms with Crippen LogP contribution >= 0.6 is 0 Å². The molecule has 1 saturated heterocycles. The monoisotopic (exact) mass is 451 g/mol. The lowest BCUT2D eigenvalue weighted by Crippen LogP contribution is -2.46. The minimum Gasteiger partial charge on any atom is -0.353 e. The highest BCUT2D eigenvalue weighted by Gasteiger charge is 2.34. The Morgan fingerprint density at radius 2 is 1.81 bits per heavy atom. The van der Waals surface area contributed by atoms with Gasteiger partial charge in [0.05, 0.1) is 5.56 Å². The second kappa shape index (κ2) is 9.40. The van der Waals surface area contributed by atoms with Gasteiger partial charge in [-0.25, -0.2) is 4.39 Å². The average Bonchev–Trinajstić information content (AvgIpc) is 3.58. The van der Waals surface area contributed by atoms with Gasteiger partial charge in [0.25, 0.3) is 5.91 Å². The van der Waals surface area contributed by atoms with Crippen molar-refractivity contribution >= 4 is 11.7 Å². The van der Waals surface area contributed by atoms with Crippen LogP contribution in [0.15, 0.2) is 30.3 Å². The van der Waals surface area contributed by atoms with Gasteiger partial charge >= 0.3 is 6.18 Å². The largest absolute Gasteiger partial charge is 0.416 e. The minimum absolute atomic E-state index is 0.0199. The molecule has 2 fully saturated rings. The number of hydrogen-bond donors (Lipinski definition) is 1. The van der Waals surface area contributed by atoms with E-state index < -0.39 is 17.6 Å². The van der Waals surface area contributed by atoms with Crippen molar-refractivity contribution in [2.45, 2.75) is 32.0 Å². The fourth-order valence-corrected chi connectivity index (χ4v) is 3.85. The van der Waals surface area contributed by atoms with E-state index in [4.69, 9.17) is 0 Å². The standard InChI is InChI=1S/C22H25F4N5O/c23-17-3-4-18(22(24,25)26)16(13-17)14-30-9-11-31(12-10-30)20-6-5-19(28-29-20)21(32)27-8-7-15-1-2-15/h3-6,13,15H,1-2,7-12,14H2,(H,27,32). The van der Waals surface area contributed by atoms with Crippen molar-refractivity contribution in [3.05, 3.63) is 53.0 Å². The Morgan fingerprint density at radius 3 is 2.44 bits per heavy atom. The molecule has 2 aromatic rings. The second-order valence-electron chi connectivity index (χ2n) is 8.33. The Balaban J connectivity index is 1.30. The molecule has 172 valence electrons. The number of nitrogens with zero attached hydrogens (tertiary/aromatic N) is 4. The number of alkyl halides is 3. The van der Waals surface area contributed by atoms with Gasteiger partial charge in [0, 0.05) is 39.3 Å². The van der Waals surface area contributed by atoms with E-state index >= 15 is 0 Å². The van der Waals surface area contributed by atoms with Gasteiger partial charge in [0.1, 0.15) is 5.82 Å². The number of anilines is 1. The van der Waals surface area contributed by atoms with Gasteiger partial charge in [-0.2, -0.15) is 13.2 Å². The SMILES string of the molecule is O=C(NCCC1CC1)c1ccc(N2CCN(Cc3cc(F)ccc3C(F)(F)F)CC2)nn1. The molecular weight excluding hydrogens is 426 g/mol. The van der Waals surface area contributed by atoms with Crippen LogP contribution in [0.25, 0.3) is 0 Å². The van der Waals surface area contributed by atoms with Gasteiger partial charge in [0.15, 0.2) is 11.5 Å². The third kappa shape index (κ3) is 5.73. The second-order valence-corrected chi connectivity index (χ2v) is 8.33. The third-order valence-electron chi connectivity index (χ3n) is 5.88. The summed E-state index contributed by atoms with van der Waals surface area (Å²) in [5.74, 6) is 0.424. The molecule has 1 aliphatic carbocycles. The molecule has 10 heteroatoms. The van der Waals surface area contributed by atoms with Crippen LogP contribution in [0.3, 0.4) is 0 Å². The van der Waals surface area contributed by atoms with Gasteiger partial charge < -0.3 is 10.2 Å². The number of rotatable bonds is 7. The molecule has 2 aliphatic rings. The first-order valence-electron chi connectivity index (χ1n) is 10.7. The average molecular weight is 451 g/mol. The molecule has 2 heterocycles. The first-order valence-corrected chi connectivity index (χ1v) is 10.7. The minimum atomic E-state index is -4.52. The summed E-state index contributed by atoms with van der Waals surface area (Å²) in [4.78, 5) is 16.0. The van der Waals surface area contributed by atoms with Gasteiger partial charge in [-0.15, -0.1) is 10.2 Å². The van der Waals surface area contributed by atoms with E-state index in [0.717, 1.165) is 30.5 Å². The van der Waals surface area contributed by atoms with Crippen molar-refractivity contribution in [2.24, 2.45) is 5.92 Å². The molecule has 0 radical (unpaired) electrons. The van der Waals surface area contributed by atoms with E-state index in [2.05, 4.69) is 15.5 Å². The van der Waals surface area contributed by atoms with Crippen molar-refractivity contribution < 1.29 is 22.4 Å². The molecular formula is C22H25F4N5O. The number of carbonyl (C=O) groups excluding carboxylic acids is 1. The summed E-state index contributed by atoms with van der Waals surface area (Å²) in [6.07, 6.45) is -1.05. The normalized spacial score (nSPS) is 17.4. The summed E-state index contributed by atoms with van der Waals surface area (Å²) in [7, 11) is 0. The van der Waals surface area contributed by atoms with Crippen LogP contribution in [0.1, 0.15) is 40.9 Å². The molecule has 1 aromatic heterocycles. The predicted molar refractivity (Wildman–Crippen MR) is 111 cm³/mol. The van der Waals surface area contributed by atoms with E-state index in [1.807, 2.05) is 9.80 Å². The fourth-order valence-electron chi connectivity index (χ4n) is 3.85. The number of piperazine rings is 1. The molecule has 1 N–H and O–H groups in total. The first kappa shape index (κ1) is 22.4. The van der Waals surface area contributed by atoms with E-state index in [1.165, 1.54) is 12.8 Å². The maximum atomic E-state index is 13.5. The molecule has 1 aromatic carbocycles. The molecule has 0 unspecified atom stereocenters. The molecule has 1 saturated carbocycles. The van der Waals surface area contributed by atoms with Gasteiger partial charge in [-0.05, 0) is 48.2 Å². The zero-order valence-electron chi connectivity index (χ0n) is 17.5. The smallest absolute Gasteiger partial charge is 0.353 e. The predicted octanol–water partition coefficient (Wildman–Crippen LogP) is 3.49. The first-order chi connectivity index (χ1) is 15.3. The summed E-state index contributed by atoms with van der Waals surface area (Å²) in [5, 5.41) is 11.0. The number of halogens is 4. The van der Waals surface area contributed by atoms with E-state index in [-0.39, 0.29) is 23.7 Å². The number of hydrogen-bond acceptors (Lipinski definition) is 5. The van der Waals surface area contributed by atoms with Crippen LogP contribution in [-0.2, 0) is 12.7 Å². The molecule has 6 nitrogen and oxygen atoms in total.